The molecule has 0 heterocycles. The lowest BCUT2D eigenvalue weighted by molar-refractivity contribution is -0.117. The number of nitrogens with zero attached hydrogens (tertiary/aromatic N) is 1. The fourth-order valence-corrected chi connectivity index (χ4v) is 2.95. The lowest BCUT2D eigenvalue weighted by Gasteiger charge is -2.26. The highest BCUT2D eigenvalue weighted by Gasteiger charge is 2.17. The molecule has 1 aromatic rings. The van der Waals surface area contributed by atoms with Gasteiger partial charge in [0.1, 0.15) is 5.82 Å². The van der Waals surface area contributed by atoms with E-state index in [0.717, 1.165) is 6.54 Å². The van der Waals surface area contributed by atoms with Crippen LogP contribution >= 0.6 is 0 Å². The normalized spacial score (nSPS) is 16.1. The third-order valence-electron chi connectivity index (χ3n) is 4.00. The van der Waals surface area contributed by atoms with Gasteiger partial charge < -0.3 is 11.1 Å². The van der Waals surface area contributed by atoms with Crippen molar-refractivity contribution in [3.63, 3.8) is 0 Å². The van der Waals surface area contributed by atoms with E-state index in [1.165, 1.54) is 50.3 Å². The zero-order chi connectivity index (χ0) is 15.2. The number of hydrogen-bond acceptors (Lipinski definition) is 3. The van der Waals surface area contributed by atoms with E-state index < -0.39 is 5.82 Å². The zero-order valence-corrected chi connectivity index (χ0v) is 12.6. The molecule has 0 saturated heterocycles. The average molecular weight is 293 g/mol. The zero-order valence-electron chi connectivity index (χ0n) is 12.6. The third-order valence-corrected chi connectivity index (χ3v) is 4.00. The van der Waals surface area contributed by atoms with Crippen molar-refractivity contribution in [2.24, 2.45) is 5.92 Å². The number of nitrogens with one attached hydrogen (secondary N) is 1. The maximum atomic E-state index is 13.2. The quantitative estimate of drug-likeness (QED) is 0.821. The summed E-state index contributed by atoms with van der Waals surface area (Å²) >= 11 is 0. The molecule has 1 fully saturated rings. The molecule has 0 atom stereocenters. The number of nitrogen functional groups attached to an aromatic ring is 1. The first kappa shape index (κ1) is 15.8. The summed E-state index contributed by atoms with van der Waals surface area (Å²) in [5.74, 6) is 0.122. The van der Waals surface area contributed by atoms with Gasteiger partial charge in [-0.05, 0) is 44.0 Å². The Bertz CT molecular complexity index is 486. The van der Waals surface area contributed by atoms with E-state index in [-0.39, 0.29) is 5.91 Å². The van der Waals surface area contributed by atoms with Crippen LogP contribution in [0.15, 0.2) is 18.2 Å². The van der Waals surface area contributed by atoms with E-state index in [1.807, 2.05) is 11.9 Å². The molecular weight excluding hydrogens is 269 g/mol. The van der Waals surface area contributed by atoms with Crippen LogP contribution in [0.25, 0.3) is 0 Å². The molecule has 0 bridgehead atoms. The Hall–Kier alpha value is -1.62. The summed E-state index contributed by atoms with van der Waals surface area (Å²) in [6, 6.07) is 3.98. The van der Waals surface area contributed by atoms with Crippen LogP contribution in [0.1, 0.15) is 32.1 Å². The monoisotopic (exact) mass is 293 g/mol. The summed E-state index contributed by atoms with van der Waals surface area (Å²) < 4.78 is 13.2. The molecule has 5 heteroatoms. The minimum absolute atomic E-state index is 0.161. The van der Waals surface area contributed by atoms with E-state index in [9.17, 15) is 9.18 Å². The summed E-state index contributed by atoms with van der Waals surface area (Å²) in [7, 11) is 1.95. The van der Waals surface area contributed by atoms with Crippen LogP contribution in [0, 0.1) is 11.7 Å². The molecule has 0 radical (unpaired) electrons. The Labute approximate surface area is 125 Å². The molecule has 0 unspecified atom stereocenters. The number of carbonyl (C=O) groups is 1. The van der Waals surface area contributed by atoms with Crippen molar-refractivity contribution >= 4 is 17.3 Å². The van der Waals surface area contributed by atoms with Gasteiger partial charge in [-0.15, -0.1) is 0 Å². The molecule has 1 amide bonds. The molecule has 0 aromatic heterocycles. The molecular formula is C16H24FN3O. The molecule has 21 heavy (non-hydrogen) atoms. The number of nitrogens with two attached hydrogens (primary N) is 1. The Balaban J connectivity index is 1.81. The van der Waals surface area contributed by atoms with Gasteiger partial charge in [-0.2, -0.15) is 0 Å². The van der Waals surface area contributed by atoms with Crippen LogP contribution in [-0.4, -0.2) is 30.9 Å². The Morgan fingerprint density at radius 3 is 2.81 bits per heavy atom. The predicted molar refractivity (Wildman–Crippen MR) is 83.5 cm³/mol. The highest BCUT2D eigenvalue weighted by Crippen LogP contribution is 2.24. The largest absolute Gasteiger partial charge is 0.397 e. The fraction of sp³-hybridized carbons (Fsp3) is 0.562. The number of amides is 1. The van der Waals surface area contributed by atoms with Crippen molar-refractivity contribution in [1.82, 2.24) is 4.90 Å². The number of carbonyl (C=O) groups excluding carboxylic acids is 1. The van der Waals surface area contributed by atoms with E-state index in [2.05, 4.69) is 5.32 Å². The molecule has 1 aliphatic carbocycles. The topological polar surface area (TPSA) is 58.4 Å². The maximum Gasteiger partial charge on any atom is 0.238 e. The SMILES string of the molecule is CN(CC(=O)Nc1cc(F)ccc1N)CC1CCCCC1. The molecule has 1 aromatic carbocycles. The second kappa shape index (κ2) is 7.41. The van der Waals surface area contributed by atoms with Crippen molar-refractivity contribution in [1.29, 1.82) is 0 Å². The molecule has 116 valence electrons. The van der Waals surface area contributed by atoms with E-state index in [0.29, 0.717) is 23.8 Å². The van der Waals surface area contributed by atoms with Crippen molar-refractivity contribution < 1.29 is 9.18 Å². The standard InChI is InChI=1S/C16H24FN3O/c1-20(10-12-5-3-2-4-6-12)11-16(21)19-15-9-13(17)7-8-14(15)18/h7-9,12H,2-6,10-11,18H2,1H3,(H,19,21). The molecule has 1 saturated carbocycles. The van der Waals surface area contributed by atoms with Crippen molar-refractivity contribution in [2.45, 2.75) is 32.1 Å². The van der Waals surface area contributed by atoms with Crippen LogP contribution in [0.2, 0.25) is 0 Å². The van der Waals surface area contributed by atoms with Crippen LogP contribution < -0.4 is 11.1 Å². The van der Waals surface area contributed by atoms with Gasteiger partial charge in [-0.25, -0.2) is 4.39 Å². The predicted octanol–water partition coefficient (Wildman–Crippen LogP) is 2.86. The van der Waals surface area contributed by atoms with Gasteiger partial charge in [0.05, 0.1) is 17.9 Å². The number of halogens is 1. The van der Waals surface area contributed by atoms with Crippen molar-refractivity contribution in [3.8, 4) is 0 Å². The number of likely N-dealkylation sites (N-methyl/N-ethyl adjacent to an activating group) is 1. The Morgan fingerprint density at radius 1 is 1.38 bits per heavy atom. The van der Waals surface area contributed by atoms with Gasteiger partial charge in [0, 0.05) is 6.54 Å². The molecule has 0 spiro atoms. The van der Waals surface area contributed by atoms with Crippen LogP contribution in [0.3, 0.4) is 0 Å². The highest BCUT2D eigenvalue weighted by atomic mass is 19.1. The van der Waals surface area contributed by atoms with Gasteiger partial charge in [-0.1, -0.05) is 19.3 Å². The van der Waals surface area contributed by atoms with Crippen LogP contribution in [0.4, 0.5) is 15.8 Å². The first-order valence-electron chi connectivity index (χ1n) is 7.58. The smallest absolute Gasteiger partial charge is 0.238 e. The summed E-state index contributed by atoms with van der Waals surface area (Å²) in [6.45, 7) is 1.23. The van der Waals surface area contributed by atoms with Gasteiger partial charge in [0.2, 0.25) is 5.91 Å². The van der Waals surface area contributed by atoms with E-state index >= 15 is 0 Å². The summed E-state index contributed by atoms with van der Waals surface area (Å²) in [5.41, 5.74) is 6.44. The third kappa shape index (κ3) is 5.01. The van der Waals surface area contributed by atoms with Crippen LogP contribution in [-0.2, 0) is 4.79 Å². The van der Waals surface area contributed by atoms with Gasteiger partial charge >= 0.3 is 0 Å². The van der Waals surface area contributed by atoms with E-state index in [4.69, 9.17) is 5.73 Å². The molecule has 0 aliphatic heterocycles. The number of hydrogen-bond donors (Lipinski definition) is 2. The van der Waals surface area contributed by atoms with Gasteiger partial charge in [0.15, 0.2) is 0 Å². The van der Waals surface area contributed by atoms with Gasteiger partial charge in [-0.3, -0.25) is 9.69 Å². The summed E-state index contributed by atoms with van der Waals surface area (Å²) in [4.78, 5) is 14.0. The maximum absolute atomic E-state index is 13.2. The number of benzene rings is 1. The van der Waals surface area contributed by atoms with Crippen molar-refractivity contribution in [3.05, 3.63) is 24.0 Å². The number of anilines is 2. The van der Waals surface area contributed by atoms with Crippen LogP contribution in [0.5, 0.6) is 0 Å². The molecule has 2 rings (SSSR count). The number of rotatable bonds is 5. The summed E-state index contributed by atoms with van der Waals surface area (Å²) in [5, 5.41) is 2.67. The average Bonchev–Trinajstić information content (AvgIpc) is 2.43. The Kier molecular flexibility index (Phi) is 5.56. The minimum Gasteiger partial charge on any atom is -0.397 e. The Morgan fingerprint density at radius 2 is 2.10 bits per heavy atom. The molecule has 1 aliphatic rings. The lowest BCUT2D eigenvalue weighted by Crippen LogP contribution is -2.34. The highest BCUT2D eigenvalue weighted by molar-refractivity contribution is 5.95. The second-order valence-electron chi connectivity index (χ2n) is 5.98. The molecule has 3 N–H and O–H groups in total. The summed E-state index contributed by atoms with van der Waals surface area (Å²) in [6.07, 6.45) is 6.43. The van der Waals surface area contributed by atoms with E-state index in [1.54, 1.807) is 0 Å². The minimum atomic E-state index is -0.407. The first-order chi connectivity index (χ1) is 10.0. The van der Waals surface area contributed by atoms with Gasteiger partial charge in [0.25, 0.3) is 0 Å². The fourth-order valence-electron chi connectivity index (χ4n) is 2.95. The lowest BCUT2D eigenvalue weighted by atomic mass is 9.89. The second-order valence-corrected chi connectivity index (χ2v) is 5.98. The first-order valence-corrected chi connectivity index (χ1v) is 7.58. The molecule has 4 nitrogen and oxygen atoms in total. The van der Waals surface area contributed by atoms with Crippen molar-refractivity contribution in [2.75, 3.05) is 31.2 Å².